The summed E-state index contributed by atoms with van der Waals surface area (Å²) in [5.74, 6) is 6.56. The molecule has 6 heteroatoms. The van der Waals surface area contributed by atoms with Gasteiger partial charge in [0.05, 0.1) is 12.6 Å². The first kappa shape index (κ1) is 20.7. The van der Waals surface area contributed by atoms with Crippen molar-refractivity contribution in [1.29, 1.82) is 0 Å². The molecule has 0 aromatic heterocycles. The van der Waals surface area contributed by atoms with E-state index in [4.69, 9.17) is 0 Å². The van der Waals surface area contributed by atoms with Gasteiger partial charge in [-0.25, -0.2) is 0 Å². The molecular weight excluding hydrogens is 352 g/mol. The van der Waals surface area contributed by atoms with Crippen LogP contribution in [0.15, 0.2) is 23.3 Å². The molecule has 1 saturated heterocycles. The van der Waals surface area contributed by atoms with Crippen molar-refractivity contribution in [3.8, 4) is 11.8 Å². The summed E-state index contributed by atoms with van der Waals surface area (Å²) in [6.07, 6.45) is 2.50. The topological polar surface area (TPSA) is 71.3 Å². The van der Waals surface area contributed by atoms with E-state index in [9.17, 15) is 10.2 Å². The molecule has 2 atom stereocenters. The first-order valence-electron chi connectivity index (χ1n) is 10.4. The molecule has 0 spiro atoms. The summed E-state index contributed by atoms with van der Waals surface area (Å²) < 4.78 is 0. The maximum Gasteiger partial charge on any atom is 0.118 e. The summed E-state index contributed by atoms with van der Waals surface area (Å²) in [5.41, 5.74) is 6.54. The van der Waals surface area contributed by atoms with Crippen LogP contribution in [0, 0.1) is 11.8 Å². The zero-order valence-electron chi connectivity index (χ0n) is 17.0. The second kappa shape index (κ2) is 9.92. The molecule has 28 heavy (non-hydrogen) atoms. The van der Waals surface area contributed by atoms with Crippen LogP contribution in [0.4, 0.5) is 5.69 Å². The van der Waals surface area contributed by atoms with Crippen LogP contribution in [0.25, 0.3) is 0 Å². The van der Waals surface area contributed by atoms with Gasteiger partial charge in [-0.15, -0.1) is 0 Å². The van der Waals surface area contributed by atoms with Gasteiger partial charge < -0.3 is 20.5 Å². The van der Waals surface area contributed by atoms with Crippen LogP contribution in [0.3, 0.4) is 0 Å². The minimum Gasteiger partial charge on any atom is -0.396 e. The van der Waals surface area contributed by atoms with Gasteiger partial charge in [-0.05, 0) is 64.4 Å². The number of nitrogens with one attached hydrogen (secondary N) is 1. The van der Waals surface area contributed by atoms with E-state index in [2.05, 4.69) is 38.2 Å². The number of benzene rings is 1. The summed E-state index contributed by atoms with van der Waals surface area (Å²) in [6, 6.07) is 6.03. The number of aliphatic hydroxyl groups excluding tert-OH is 2. The third-order valence-corrected chi connectivity index (χ3v) is 5.46. The average Bonchev–Trinajstić information content (AvgIpc) is 3.22. The lowest BCUT2D eigenvalue weighted by Crippen LogP contribution is -2.51. The van der Waals surface area contributed by atoms with Crippen molar-refractivity contribution in [2.24, 2.45) is 5.10 Å². The van der Waals surface area contributed by atoms with E-state index >= 15 is 0 Å². The maximum absolute atomic E-state index is 10.9. The molecule has 6 nitrogen and oxygen atoms in total. The Kier molecular flexibility index (Phi) is 7.32. The fourth-order valence-electron chi connectivity index (χ4n) is 3.90. The molecule has 0 saturated carbocycles. The fourth-order valence-corrected chi connectivity index (χ4v) is 3.90. The van der Waals surface area contributed by atoms with E-state index in [1.807, 2.05) is 26.0 Å². The molecule has 1 unspecified atom stereocenters. The van der Waals surface area contributed by atoms with Gasteiger partial charge in [-0.1, -0.05) is 11.8 Å². The lowest BCUT2D eigenvalue weighted by Gasteiger charge is -2.40. The molecule has 2 aliphatic heterocycles. The Morgan fingerprint density at radius 1 is 1.29 bits per heavy atom. The second-order valence-electron chi connectivity index (χ2n) is 7.48. The number of rotatable bonds is 6. The van der Waals surface area contributed by atoms with Crippen LogP contribution in [0.1, 0.15) is 44.2 Å². The monoisotopic (exact) mass is 384 g/mol. The molecule has 0 amide bonds. The number of likely N-dealkylation sites (tertiary alicyclic amines) is 1. The normalized spacial score (nSPS) is 23.4. The summed E-state index contributed by atoms with van der Waals surface area (Å²) in [6.45, 7) is 8.59. The Labute approximate surface area is 168 Å². The predicted molar refractivity (Wildman–Crippen MR) is 114 cm³/mol. The molecule has 2 heterocycles. The minimum atomic E-state index is -0.696. The highest BCUT2D eigenvalue weighted by atomic mass is 16.3. The standard InChI is InChI=1S/C22H32N4O2/c1-3-23-24-21-19-16-18(8-6-13-25-11-4-5-12-25)9-10-20(19)26(14-7-15-27)17(2)22(21)28/h9-10,16-17,22-23,27-28H,3-5,7,11-15H2,1-2H3/b24-21-/t17?,22-/m0/s1. The Morgan fingerprint density at radius 3 is 2.79 bits per heavy atom. The summed E-state index contributed by atoms with van der Waals surface area (Å²) in [4.78, 5) is 4.54. The van der Waals surface area contributed by atoms with E-state index < -0.39 is 6.10 Å². The highest BCUT2D eigenvalue weighted by Crippen LogP contribution is 2.32. The number of nitrogens with zero attached hydrogens (tertiary/aromatic N) is 3. The number of hydrogen-bond donors (Lipinski definition) is 3. The van der Waals surface area contributed by atoms with Crippen molar-refractivity contribution >= 4 is 11.4 Å². The van der Waals surface area contributed by atoms with Gasteiger partial charge in [0.2, 0.25) is 0 Å². The molecule has 0 bridgehead atoms. The second-order valence-corrected chi connectivity index (χ2v) is 7.48. The van der Waals surface area contributed by atoms with Crippen LogP contribution in [0.5, 0.6) is 0 Å². The van der Waals surface area contributed by atoms with Crippen LogP contribution in [-0.2, 0) is 0 Å². The lowest BCUT2D eigenvalue weighted by molar-refractivity contribution is 0.204. The molecular formula is C22H32N4O2. The third-order valence-electron chi connectivity index (χ3n) is 5.46. The van der Waals surface area contributed by atoms with Gasteiger partial charge in [-0.2, -0.15) is 5.10 Å². The number of hydrogen-bond acceptors (Lipinski definition) is 6. The van der Waals surface area contributed by atoms with Gasteiger partial charge in [-0.3, -0.25) is 4.90 Å². The first-order chi connectivity index (χ1) is 13.7. The zero-order valence-corrected chi connectivity index (χ0v) is 17.0. The quantitative estimate of drug-likeness (QED) is 0.511. The summed E-state index contributed by atoms with van der Waals surface area (Å²) >= 11 is 0. The predicted octanol–water partition coefficient (Wildman–Crippen LogP) is 1.40. The number of anilines is 1. The number of fused-ring (bicyclic) bond motifs is 1. The SMILES string of the molecule is CCN/N=C1/c2cc(C#CCN3CCCC3)ccc2N(CCCO)C(C)[C@@H]1O. The fraction of sp³-hybridized carbons (Fsp3) is 0.591. The van der Waals surface area contributed by atoms with E-state index in [-0.39, 0.29) is 12.6 Å². The largest absolute Gasteiger partial charge is 0.396 e. The molecule has 1 fully saturated rings. The van der Waals surface area contributed by atoms with Crippen molar-refractivity contribution in [1.82, 2.24) is 10.3 Å². The highest BCUT2D eigenvalue weighted by Gasteiger charge is 2.35. The van der Waals surface area contributed by atoms with Crippen LogP contribution < -0.4 is 10.3 Å². The van der Waals surface area contributed by atoms with Crippen molar-refractivity contribution in [2.75, 3.05) is 44.2 Å². The van der Waals surface area contributed by atoms with E-state index in [0.717, 1.165) is 36.4 Å². The summed E-state index contributed by atoms with van der Waals surface area (Å²) in [5, 5.41) is 24.6. The highest BCUT2D eigenvalue weighted by molar-refractivity contribution is 6.10. The average molecular weight is 385 g/mol. The Bertz CT molecular complexity index is 747. The van der Waals surface area contributed by atoms with E-state index in [0.29, 0.717) is 25.2 Å². The minimum absolute atomic E-state index is 0.108. The van der Waals surface area contributed by atoms with Crippen molar-refractivity contribution in [2.45, 2.75) is 45.3 Å². The molecule has 2 aliphatic rings. The lowest BCUT2D eigenvalue weighted by atomic mass is 9.90. The van der Waals surface area contributed by atoms with Crippen molar-refractivity contribution in [3.63, 3.8) is 0 Å². The number of aliphatic hydroxyl groups is 2. The molecule has 1 aromatic carbocycles. The van der Waals surface area contributed by atoms with E-state index in [1.54, 1.807) is 0 Å². The van der Waals surface area contributed by atoms with Gasteiger partial charge in [0.1, 0.15) is 11.8 Å². The molecule has 0 radical (unpaired) electrons. The molecule has 152 valence electrons. The Morgan fingerprint density at radius 2 is 2.07 bits per heavy atom. The van der Waals surface area contributed by atoms with Gasteiger partial charge >= 0.3 is 0 Å². The van der Waals surface area contributed by atoms with Crippen LogP contribution >= 0.6 is 0 Å². The van der Waals surface area contributed by atoms with Crippen LogP contribution in [-0.4, -0.2) is 72.3 Å². The first-order valence-corrected chi connectivity index (χ1v) is 10.4. The number of hydrazone groups is 1. The molecule has 3 rings (SSSR count). The van der Waals surface area contributed by atoms with Crippen LogP contribution in [0.2, 0.25) is 0 Å². The van der Waals surface area contributed by atoms with Gasteiger partial charge in [0.15, 0.2) is 0 Å². The third kappa shape index (κ3) is 4.67. The zero-order chi connectivity index (χ0) is 19.9. The summed E-state index contributed by atoms with van der Waals surface area (Å²) in [7, 11) is 0. The molecule has 1 aromatic rings. The van der Waals surface area contributed by atoms with Gasteiger partial charge in [0, 0.05) is 36.5 Å². The Hall–Kier alpha value is -2.07. The Balaban J connectivity index is 1.90. The smallest absolute Gasteiger partial charge is 0.118 e. The molecule has 3 N–H and O–H groups in total. The van der Waals surface area contributed by atoms with Gasteiger partial charge in [0.25, 0.3) is 0 Å². The maximum atomic E-state index is 10.9. The van der Waals surface area contributed by atoms with E-state index in [1.165, 1.54) is 12.8 Å². The van der Waals surface area contributed by atoms with Crippen molar-refractivity contribution < 1.29 is 10.2 Å². The van der Waals surface area contributed by atoms with Crippen molar-refractivity contribution in [3.05, 3.63) is 29.3 Å². The molecule has 0 aliphatic carbocycles.